The number of amides is 1. The number of anilines is 1. The van der Waals surface area contributed by atoms with Gasteiger partial charge in [-0.25, -0.2) is 8.99 Å². The summed E-state index contributed by atoms with van der Waals surface area (Å²) < 4.78 is 28.0. The number of nitrogens with zero attached hydrogens (tertiary/aromatic N) is 1. The van der Waals surface area contributed by atoms with Gasteiger partial charge < -0.3 is 10.5 Å². The van der Waals surface area contributed by atoms with Crippen LogP contribution in [-0.4, -0.2) is 23.8 Å². The number of carbonyl (C=O) groups is 1. The van der Waals surface area contributed by atoms with Crippen LogP contribution in [0.3, 0.4) is 0 Å². The van der Waals surface area contributed by atoms with Crippen LogP contribution in [0.25, 0.3) is 0 Å². The summed E-state index contributed by atoms with van der Waals surface area (Å²) in [5.41, 5.74) is 6.66. The third-order valence-electron chi connectivity index (χ3n) is 3.30. The Morgan fingerprint density at radius 3 is 2.39 bits per heavy atom. The summed E-state index contributed by atoms with van der Waals surface area (Å²) in [4.78, 5) is 11.7. The second kappa shape index (κ2) is 6.70. The lowest BCUT2D eigenvalue weighted by Crippen LogP contribution is -2.38. The first-order chi connectivity index (χ1) is 10.9. The first-order valence-corrected chi connectivity index (χ1v) is 8.42. The molecule has 0 radical (unpaired) electrons. The molecule has 2 aromatic carbocycles. The molecule has 0 heterocycles. The highest BCUT2D eigenvalue weighted by atomic mass is 32.2. The van der Waals surface area contributed by atoms with Gasteiger partial charge in [0.25, 0.3) is 0 Å². The Labute approximate surface area is 136 Å². The van der Waals surface area contributed by atoms with Gasteiger partial charge in [-0.1, -0.05) is 29.8 Å². The van der Waals surface area contributed by atoms with Crippen LogP contribution in [0, 0.1) is 11.7 Å². The number of nitrogens with one attached hydrogen (secondary N) is 1. The number of ether oxygens (including phenoxy) is 1. The zero-order valence-corrected chi connectivity index (χ0v) is 13.8. The van der Waals surface area contributed by atoms with E-state index in [2.05, 4.69) is 0 Å². The van der Waals surface area contributed by atoms with Gasteiger partial charge in [0, 0.05) is 0 Å². The van der Waals surface area contributed by atoms with Gasteiger partial charge >= 0.3 is 0 Å². The Bertz CT molecular complexity index is 802. The highest BCUT2D eigenvalue weighted by Crippen LogP contribution is 2.32. The Morgan fingerprint density at radius 1 is 1.22 bits per heavy atom. The molecule has 6 nitrogen and oxygen atoms in total. The molecule has 0 saturated heterocycles. The van der Waals surface area contributed by atoms with E-state index in [9.17, 15) is 9.00 Å². The van der Waals surface area contributed by atoms with Gasteiger partial charge in [0.1, 0.15) is 12.3 Å². The summed E-state index contributed by atoms with van der Waals surface area (Å²) in [7, 11) is -1.97. The van der Waals surface area contributed by atoms with Crippen molar-refractivity contribution >= 4 is 21.5 Å². The number of para-hydroxylation sites is 2. The molecule has 1 amide bonds. The second-order valence-corrected chi connectivity index (χ2v) is 6.98. The van der Waals surface area contributed by atoms with E-state index in [1.165, 1.54) is 11.4 Å². The maximum atomic E-state index is 13.1. The van der Waals surface area contributed by atoms with Crippen molar-refractivity contribution in [3.63, 3.8) is 0 Å². The third kappa shape index (κ3) is 3.62. The molecule has 0 spiro atoms. The SMILES string of the molecule is COc1ccccc1N(CC(N)=O)S(=N)(=O)c1ccc(C)cc1. The molecule has 0 saturated carbocycles. The highest BCUT2D eigenvalue weighted by Gasteiger charge is 2.25. The number of nitrogens with two attached hydrogens (primary N) is 1. The van der Waals surface area contributed by atoms with Crippen LogP contribution in [0.4, 0.5) is 5.69 Å². The topological polar surface area (TPSA) is 96.5 Å². The third-order valence-corrected chi connectivity index (χ3v) is 5.16. The minimum atomic E-state index is -3.45. The molecule has 7 heteroatoms. The van der Waals surface area contributed by atoms with Gasteiger partial charge in [-0.15, -0.1) is 0 Å². The molecule has 1 unspecified atom stereocenters. The monoisotopic (exact) mass is 333 g/mol. The molecule has 0 bridgehead atoms. The maximum Gasteiger partial charge on any atom is 0.238 e. The first-order valence-electron chi connectivity index (χ1n) is 6.90. The van der Waals surface area contributed by atoms with Crippen molar-refractivity contribution in [3.05, 3.63) is 54.1 Å². The quantitative estimate of drug-likeness (QED) is 0.849. The Kier molecular flexibility index (Phi) is 4.90. The van der Waals surface area contributed by atoms with Crippen molar-refractivity contribution in [2.24, 2.45) is 5.73 Å². The van der Waals surface area contributed by atoms with Crippen molar-refractivity contribution in [1.29, 1.82) is 4.78 Å². The van der Waals surface area contributed by atoms with E-state index in [0.717, 1.165) is 5.56 Å². The zero-order chi connectivity index (χ0) is 17.0. The van der Waals surface area contributed by atoms with Crippen molar-refractivity contribution in [2.75, 3.05) is 18.0 Å². The molecule has 122 valence electrons. The Morgan fingerprint density at radius 2 is 1.83 bits per heavy atom. The van der Waals surface area contributed by atoms with Crippen LogP contribution < -0.4 is 14.8 Å². The van der Waals surface area contributed by atoms with Gasteiger partial charge in [-0.05, 0) is 31.2 Å². The molecule has 0 aromatic heterocycles. The zero-order valence-electron chi connectivity index (χ0n) is 13.0. The average Bonchev–Trinajstić information content (AvgIpc) is 2.52. The number of aryl methyl sites for hydroxylation is 1. The summed E-state index contributed by atoms with van der Waals surface area (Å²) in [5.74, 6) is -0.260. The van der Waals surface area contributed by atoms with Gasteiger partial charge in [0.2, 0.25) is 5.91 Å². The van der Waals surface area contributed by atoms with Crippen molar-refractivity contribution < 1.29 is 13.7 Å². The number of hydrogen-bond acceptors (Lipinski definition) is 4. The number of carbonyl (C=O) groups excluding carboxylic acids is 1. The molecule has 3 N–H and O–H groups in total. The lowest BCUT2D eigenvalue weighted by Gasteiger charge is -2.27. The van der Waals surface area contributed by atoms with E-state index in [0.29, 0.717) is 16.3 Å². The number of hydrogen-bond donors (Lipinski definition) is 2. The van der Waals surface area contributed by atoms with Crippen LogP contribution in [0.1, 0.15) is 5.56 Å². The lowest BCUT2D eigenvalue weighted by molar-refractivity contribution is -0.116. The molecular weight excluding hydrogens is 314 g/mol. The predicted octanol–water partition coefficient (Wildman–Crippen LogP) is 2.32. The van der Waals surface area contributed by atoms with Gasteiger partial charge in [-0.2, -0.15) is 0 Å². The highest BCUT2D eigenvalue weighted by molar-refractivity contribution is 7.93. The fourth-order valence-corrected chi connectivity index (χ4v) is 3.64. The number of benzene rings is 2. The predicted molar refractivity (Wildman–Crippen MR) is 89.8 cm³/mol. The summed E-state index contributed by atoms with van der Waals surface area (Å²) in [6, 6.07) is 13.6. The largest absolute Gasteiger partial charge is 0.495 e. The molecule has 0 fully saturated rings. The summed E-state index contributed by atoms with van der Waals surface area (Å²) in [6.07, 6.45) is 0. The van der Waals surface area contributed by atoms with Crippen LogP contribution in [0.15, 0.2) is 53.4 Å². The molecule has 0 aliphatic rings. The van der Waals surface area contributed by atoms with E-state index in [-0.39, 0.29) is 6.54 Å². The standard InChI is InChI=1S/C16H19N3O3S/c1-12-7-9-13(10-8-12)23(18,21)19(11-16(17)20)14-5-3-4-6-15(14)22-2/h3-10,18H,11H2,1-2H3,(H2,17,20). The first kappa shape index (κ1) is 16.8. The number of primary amides is 1. The fourth-order valence-electron chi connectivity index (χ4n) is 2.14. The lowest BCUT2D eigenvalue weighted by atomic mass is 10.2. The minimum Gasteiger partial charge on any atom is -0.495 e. The molecule has 23 heavy (non-hydrogen) atoms. The molecular formula is C16H19N3O3S. The van der Waals surface area contributed by atoms with Gasteiger partial charge in [0.15, 0.2) is 9.92 Å². The Hall–Kier alpha value is -2.54. The molecule has 1 atom stereocenters. The maximum absolute atomic E-state index is 13.1. The van der Waals surface area contributed by atoms with E-state index in [4.69, 9.17) is 15.3 Å². The molecule has 0 aliphatic heterocycles. The van der Waals surface area contributed by atoms with Crippen molar-refractivity contribution in [2.45, 2.75) is 11.8 Å². The van der Waals surface area contributed by atoms with E-state index in [1.54, 1.807) is 48.5 Å². The van der Waals surface area contributed by atoms with E-state index >= 15 is 0 Å². The average molecular weight is 333 g/mol. The van der Waals surface area contributed by atoms with Crippen molar-refractivity contribution in [3.8, 4) is 5.75 Å². The van der Waals surface area contributed by atoms with E-state index in [1.807, 2.05) is 6.92 Å². The number of methoxy groups -OCH3 is 1. The normalized spacial score (nSPS) is 13.1. The molecule has 2 aromatic rings. The van der Waals surface area contributed by atoms with Crippen LogP contribution >= 0.6 is 0 Å². The van der Waals surface area contributed by atoms with E-state index < -0.39 is 15.8 Å². The summed E-state index contributed by atoms with van der Waals surface area (Å²) >= 11 is 0. The van der Waals surface area contributed by atoms with Crippen molar-refractivity contribution in [1.82, 2.24) is 0 Å². The van der Waals surface area contributed by atoms with Crippen LogP contribution in [0.2, 0.25) is 0 Å². The molecule has 2 rings (SSSR count). The Balaban J connectivity index is 2.58. The minimum absolute atomic E-state index is 0.301. The second-order valence-electron chi connectivity index (χ2n) is 5.01. The molecule has 0 aliphatic carbocycles. The van der Waals surface area contributed by atoms with Gasteiger partial charge in [-0.3, -0.25) is 9.10 Å². The fraction of sp³-hybridized carbons (Fsp3) is 0.188. The van der Waals surface area contributed by atoms with Crippen LogP contribution in [-0.2, 0) is 14.7 Å². The van der Waals surface area contributed by atoms with Gasteiger partial charge in [0.05, 0.1) is 17.7 Å². The smallest absolute Gasteiger partial charge is 0.238 e. The summed E-state index contributed by atoms with van der Waals surface area (Å²) in [6.45, 7) is 1.55. The number of rotatable bonds is 6. The summed E-state index contributed by atoms with van der Waals surface area (Å²) in [5, 5.41) is 0. The van der Waals surface area contributed by atoms with Crippen LogP contribution in [0.5, 0.6) is 5.75 Å².